The predicted octanol–water partition coefficient (Wildman–Crippen LogP) is 4.82. The van der Waals surface area contributed by atoms with Crippen LogP contribution in [0.1, 0.15) is 35.2 Å². The molecule has 2 aromatic carbocycles. The van der Waals surface area contributed by atoms with Gasteiger partial charge in [0, 0.05) is 25.4 Å². The molecule has 3 aromatic rings. The van der Waals surface area contributed by atoms with E-state index in [1.807, 2.05) is 17.7 Å². The van der Waals surface area contributed by atoms with E-state index in [-0.39, 0.29) is 0 Å². The molecule has 0 saturated carbocycles. The Hall–Kier alpha value is -3.58. The van der Waals surface area contributed by atoms with Gasteiger partial charge in [0.25, 0.3) is 5.72 Å². The number of rotatable bonds is 6. The third-order valence-electron chi connectivity index (χ3n) is 6.47. The average molecular weight is 459 g/mol. The number of hydrogen-bond acceptors (Lipinski definition) is 6. The standard InChI is InChI=1S/C27H30N4O3/c1-19-7-10-23(11-8-19)27(17-32-3)31-13-5-6-22(26(31)29-34-27)14-21-9-12-24(25(15-21)33-4)30-16-20(2)28-18-30/h7-12,14-16,18H,5-6,13,17H2,1-4H3/b22-14+. The second-order valence-electron chi connectivity index (χ2n) is 8.87. The summed E-state index contributed by atoms with van der Waals surface area (Å²) >= 11 is 0. The fourth-order valence-electron chi connectivity index (χ4n) is 4.74. The van der Waals surface area contributed by atoms with Crippen molar-refractivity contribution in [2.75, 3.05) is 27.4 Å². The van der Waals surface area contributed by atoms with Gasteiger partial charge in [0.15, 0.2) is 5.84 Å². The second kappa shape index (κ2) is 8.99. The highest BCUT2D eigenvalue weighted by atomic mass is 16.7. The highest BCUT2D eigenvalue weighted by Crippen LogP contribution is 2.41. The summed E-state index contributed by atoms with van der Waals surface area (Å²) in [6.45, 7) is 5.31. The van der Waals surface area contributed by atoms with E-state index in [0.717, 1.165) is 59.1 Å². The van der Waals surface area contributed by atoms with Gasteiger partial charge in [-0.15, -0.1) is 0 Å². The summed E-state index contributed by atoms with van der Waals surface area (Å²) in [6.07, 6.45) is 7.91. The van der Waals surface area contributed by atoms with Crippen molar-refractivity contribution in [3.63, 3.8) is 0 Å². The number of amidine groups is 1. The number of ether oxygens (including phenoxy) is 2. The largest absolute Gasteiger partial charge is 0.495 e. The number of benzene rings is 2. The number of fused-ring (bicyclic) bond motifs is 1. The van der Waals surface area contributed by atoms with E-state index in [1.54, 1.807) is 20.5 Å². The molecule has 0 aliphatic carbocycles. The first-order valence-electron chi connectivity index (χ1n) is 11.5. The van der Waals surface area contributed by atoms with Crippen molar-refractivity contribution in [1.29, 1.82) is 0 Å². The van der Waals surface area contributed by atoms with Gasteiger partial charge in [-0.3, -0.25) is 0 Å². The molecular weight excluding hydrogens is 428 g/mol. The van der Waals surface area contributed by atoms with Crippen molar-refractivity contribution in [3.05, 3.63) is 82.9 Å². The zero-order valence-electron chi connectivity index (χ0n) is 20.1. The zero-order chi connectivity index (χ0) is 23.7. The summed E-state index contributed by atoms with van der Waals surface area (Å²) < 4.78 is 13.3. The lowest BCUT2D eigenvalue weighted by Gasteiger charge is -2.39. The first-order chi connectivity index (χ1) is 16.5. The zero-order valence-corrected chi connectivity index (χ0v) is 20.1. The molecule has 0 radical (unpaired) electrons. The normalized spacial score (nSPS) is 20.8. The van der Waals surface area contributed by atoms with Gasteiger partial charge < -0.3 is 23.8 Å². The third-order valence-corrected chi connectivity index (χ3v) is 6.47. The molecule has 7 heteroatoms. The van der Waals surface area contributed by atoms with Crippen molar-refractivity contribution in [3.8, 4) is 11.4 Å². The smallest absolute Gasteiger partial charge is 0.260 e. The van der Waals surface area contributed by atoms with Crippen LogP contribution in [0.25, 0.3) is 11.8 Å². The van der Waals surface area contributed by atoms with E-state index < -0.39 is 5.72 Å². The van der Waals surface area contributed by atoms with E-state index in [9.17, 15) is 0 Å². The predicted molar refractivity (Wildman–Crippen MR) is 132 cm³/mol. The summed E-state index contributed by atoms with van der Waals surface area (Å²) in [5.74, 6) is 1.66. The van der Waals surface area contributed by atoms with Crippen molar-refractivity contribution in [2.24, 2.45) is 5.16 Å². The molecule has 1 unspecified atom stereocenters. The maximum absolute atomic E-state index is 6.16. The van der Waals surface area contributed by atoms with Gasteiger partial charge in [0.05, 0.1) is 24.8 Å². The maximum atomic E-state index is 6.16. The molecule has 0 bridgehead atoms. The Kier molecular flexibility index (Phi) is 5.87. The lowest BCUT2D eigenvalue weighted by atomic mass is 9.94. The Bertz CT molecular complexity index is 1250. The highest BCUT2D eigenvalue weighted by molar-refractivity contribution is 6.03. The lowest BCUT2D eigenvalue weighted by Crippen LogP contribution is -2.51. The topological polar surface area (TPSA) is 61.1 Å². The monoisotopic (exact) mass is 458 g/mol. The fraction of sp³-hybridized carbons (Fsp3) is 0.333. The van der Waals surface area contributed by atoms with Gasteiger partial charge in [0.2, 0.25) is 0 Å². The van der Waals surface area contributed by atoms with E-state index in [0.29, 0.717) is 6.61 Å². The molecular formula is C27H30N4O3. The molecule has 0 spiro atoms. The van der Waals surface area contributed by atoms with Crippen LogP contribution in [-0.2, 0) is 15.3 Å². The van der Waals surface area contributed by atoms with Crippen LogP contribution in [-0.4, -0.2) is 47.7 Å². The van der Waals surface area contributed by atoms with Crippen LogP contribution >= 0.6 is 0 Å². The Labute approximate surface area is 200 Å². The van der Waals surface area contributed by atoms with Crippen molar-refractivity contribution < 1.29 is 14.3 Å². The van der Waals surface area contributed by atoms with Crippen LogP contribution in [0, 0.1) is 13.8 Å². The highest BCUT2D eigenvalue weighted by Gasteiger charge is 2.49. The van der Waals surface area contributed by atoms with Gasteiger partial charge in [-0.2, -0.15) is 0 Å². The minimum Gasteiger partial charge on any atom is -0.495 e. The van der Waals surface area contributed by atoms with Crippen LogP contribution in [0.4, 0.5) is 0 Å². The molecule has 2 aliphatic rings. The van der Waals surface area contributed by atoms with E-state index in [1.165, 1.54) is 5.56 Å². The average Bonchev–Trinajstić information content (AvgIpc) is 3.45. The Balaban J connectivity index is 1.48. The molecule has 0 amide bonds. The summed E-state index contributed by atoms with van der Waals surface area (Å²) in [5.41, 5.74) is 5.61. The number of hydrogen-bond donors (Lipinski definition) is 0. The van der Waals surface area contributed by atoms with Crippen molar-refractivity contribution >= 4 is 11.9 Å². The Morgan fingerprint density at radius 3 is 2.65 bits per heavy atom. The number of methoxy groups -OCH3 is 2. The van der Waals surface area contributed by atoms with Crippen LogP contribution in [0.2, 0.25) is 0 Å². The Morgan fingerprint density at radius 1 is 1.12 bits per heavy atom. The molecule has 5 rings (SSSR count). The number of piperidine rings is 1. The number of imidazole rings is 1. The molecule has 1 saturated heterocycles. The van der Waals surface area contributed by atoms with Crippen LogP contribution < -0.4 is 4.74 Å². The SMILES string of the molecule is COCC1(c2ccc(C)cc2)ON=C2/C(=C/c3ccc(-n4cnc(C)c4)c(OC)c3)CCCN21. The summed E-state index contributed by atoms with van der Waals surface area (Å²) in [5, 5.41) is 4.57. The minimum atomic E-state index is -0.752. The van der Waals surface area contributed by atoms with Crippen LogP contribution in [0.15, 0.2) is 65.7 Å². The molecule has 1 aromatic heterocycles. The van der Waals surface area contributed by atoms with Crippen molar-refractivity contribution in [2.45, 2.75) is 32.4 Å². The quantitative estimate of drug-likeness (QED) is 0.530. The molecule has 34 heavy (non-hydrogen) atoms. The van der Waals surface area contributed by atoms with Gasteiger partial charge in [-0.1, -0.05) is 41.1 Å². The molecule has 0 N–H and O–H groups in total. The summed E-state index contributed by atoms with van der Waals surface area (Å²) in [4.78, 5) is 12.7. The number of nitrogens with zero attached hydrogens (tertiary/aromatic N) is 4. The second-order valence-corrected chi connectivity index (χ2v) is 8.87. The lowest BCUT2D eigenvalue weighted by molar-refractivity contribution is -0.145. The first-order valence-corrected chi connectivity index (χ1v) is 11.5. The molecule has 1 atom stereocenters. The molecule has 3 heterocycles. The van der Waals surface area contributed by atoms with Gasteiger partial charge >= 0.3 is 0 Å². The summed E-state index contributed by atoms with van der Waals surface area (Å²) in [7, 11) is 3.39. The van der Waals surface area contributed by atoms with E-state index in [4.69, 9.17) is 14.3 Å². The minimum absolute atomic E-state index is 0.392. The molecule has 176 valence electrons. The molecule has 2 aliphatic heterocycles. The number of aryl methyl sites for hydroxylation is 2. The van der Waals surface area contributed by atoms with Crippen LogP contribution in [0.5, 0.6) is 5.75 Å². The van der Waals surface area contributed by atoms with Gasteiger partial charge in [-0.05, 0) is 56.0 Å². The first kappa shape index (κ1) is 22.2. The molecule has 7 nitrogen and oxygen atoms in total. The molecule has 1 fully saturated rings. The van der Waals surface area contributed by atoms with Gasteiger partial charge in [-0.25, -0.2) is 4.98 Å². The number of oxime groups is 1. The number of aromatic nitrogens is 2. The van der Waals surface area contributed by atoms with Crippen LogP contribution in [0.3, 0.4) is 0 Å². The fourth-order valence-corrected chi connectivity index (χ4v) is 4.74. The van der Waals surface area contributed by atoms with Gasteiger partial charge in [0.1, 0.15) is 12.4 Å². The Morgan fingerprint density at radius 2 is 1.94 bits per heavy atom. The van der Waals surface area contributed by atoms with E-state index >= 15 is 0 Å². The van der Waals surface area contributed by atoms with E-state index in [2.05, 4.69) is 70.5 Å². The maximum Gasteiger partial charge on any atom is 0.260 e. The third kappa shape index (κ3) is 3.86. The summed E-state index contributed by atoms with van der Waals surface area (Å²) in [6, 6.07) is 14.6. The van der Waals surface area contributed by atoms with Crippen molar-refractivity contribution in [1.82, 2.24) is 14.5 Å².